The molecule has 10 heteroatoms. The minimum absolute atomic E-state index is 0.00881. The van der Waals surface area contributed by atoms with Crippen molar-refractivity contribution in [1.29, 1.82) is 0 Å². The van der Waals surface area contributed by atoms with Gasteiger partial charge in [0.2, 0.25) is 11.8 Å². The van der Waals surface area contributed by atoms with Crippen molar-refractivity contribution in [3.63, 3.8) is 0 Å². The average molecular weight is 681 g/mol. The van der Waals surface area contributed by atoms with Crippen LogP contribution in [-0.2, 0) is 32.6 Å². The van der Waals surface area contributed by atoms with Crippen molar-refractivity contribution in [2.45, 2.75) is 43.7 Å². The number of carbonyl (C=O) groups is 2. The van der Waals surface area contributed by atoms with Gasteiger partial charge in [0.1, 0.15) is 18.4 Å². The maximum atomic E-state index is 15.0. The molecule has 2 amide bonds. The van der Waals surface area contributed by atoms with E-state index in [1.165, 1.54) is 23.1 Å². The van der Waals surface area contributed by atoms with E-state index in [2.05, 4.69) is 21.2 Å². The summed E-state index contributed by atoms with van der Waals surface area (Å²) in [6, 6.07) is 28.6. The lowest BCUT2D eigenvalue weighted by molar-refractivity contribution is -0.140. The Bertz CT molecular complexity index is 1640. The number of hydrogen-bond acceptors (Lipinski definition) is 4. The summed E-state index contributed by atoms with van der Waals surface area (Å²) in [4.78, 5) is 29.4. The first kappa shape index (κ1) is 32.9. The van der Waals surface area contributed by atoms with E-state index >= 15 is 0 Å². The van der Waals surface area contributed by atoms with E-state index in [0.717, 1.165) is 27.2 Å². The van der Waals surface area contributed by atoms with Crippen molar-refractivity contribution >= 4 is 43.5 Å². The highest BCUT2D eigenvalue weighted by Gasteiger charge is 2.34. The number of nitrogens with zero attached hydrogens (tertiary/aromatic N) is 2. The molecule has 4 aromatic carbocycles. The van der Waals surface area contributed by atoms with Crippen LogP contribution in [0.4, 0.5) is 10.1 Å². The van der Waals surface area contributed by atoms with Gasteiger partial charge in [-0.25, -0.2) is 12.8 Å². The van der Waals surface area contributed by atoms with E-state index in [9.17, 15) is 22.4 Å². The van der Waals surface area contributed by atoms with Gasteiger partial charge in [0.25, 0.3) is 10.0 Å². The Balaban J connectivity index is 1.78. The molecule has 44 heavy (non-hydrogen) atoms. The molecule has 1 atom stereocenters. The van der Waals surface area contributed by atoms with E-state index in [0.29, 0.717) is 6.54 Å². The van der Waals surface area contributed by atoms with Crippen molar-refractivity contribution in [1.82, 2.24) is 10.2 Å². The van der Waals surface area contributed by atoms with Gasteiger partial charge >= 0.3 is 0 Å². The molecule has 0 aromatic heterocycles. The normalized spacial score (nSPS) is 11.9. The monoisotopic (exact) mass is 679 g/mol. The van der Waals surface area contributed by atoms with Crippen molar-refractivity contribution < 1.29 is 22.4 Å². The van der Waals surface area contributed by atoms with Crippen LogP contribution >= 0.6 is 15.9 Å². The molecule has 0 heterocycles. The van der Waals surface area contributed by atoms with Crippen LogP contribution < -0.4 is 9.62 Å². The predicted octanol–water partition coefficient (Wildman–Crippen LogP) is 6.34. The summed E-state index contributed by atoms with van der Waals surface area (Å²) >= 11 is 3.38. The topological polar surface area (TPSA) is 86.8 Å². The van der Waals surface area contributed by atoms with Gasteiger partial charge in [0.15, 0.2) is 0 Å². The van der Waals surface area contributed by atoms with Crippen LogP contribution in [-0.4, -0.2) is 44.3 Å². The van der Waals surface area contributed by atoms with E-state index < -0.39 is 40.2 Å². The average Bonchev–Trinajstić information content (AvgIpc) is 3.03. The molecule has 0 fully saturated rings. The summed E-state index contributed by atoms with van der Waals surface area (Å²) in [5.74, 6) is -1.58. The van der Waals surface area contributed by atoms with Crippen molar-refractivity contribution in [3.8, 4) is 0 Å². The number of rotatable bonds is 14. The molecule has 4 rings (SSSR count). The minimum Gasteiger partial charge on any atom is -0.354 e. The van der Waals surface area contributed by atoms with Crippen molar-refractivity contribution in [3.05, 3.63) is 131 Å². The molecular weight excluding hydrogens is 645 g/mol. The highest BCUT2D eigenvalue weighted by atomic mass is 79.9. The molecule has 4 aromatic rings. The van der Waals surface area contributed by atoms with Crippen LogP contribution in [0, 0.1) is 5.82 Å². The Morgan fingerprint density at radius 3 is 2.11 bits per heavy atom. The Morgan fingerprint density at radius 2 is 1.48 bits per heavy atom. The molecule has 0 saturated heterocycles. The molecule has 7 nitrogen and oxygen atoms in total. The third-order valence-electron chi connectivity index (χ3n) is 7.12. The SMILES string of the molecule is CCCCNC(=O)C(Cc1ccccc1)N(Cc1ccccc1F)C(=O)CN(c1ccc(Br)cc1)S(=O)(=O)c1ccccc1. The fourth-order valence-corrected chi connectivity index (χ4v) is 6.43. The quantitative estimate of drug-likeness (QED) is 0.158. The second-order valence-electron chi connectivity index (χ2n) is 10.3. The molecule has 0 saturated carbocycles. The van der Waals surface area contributed by atoms with Crippen LogP contribution in [0.25, 0.3) is 0 Å². The maximum Gasteiger partial charge on any atom is 0.264 e. The number of halogens is 2. The smallest absolute Gasteiger partial charge is 0.264 e. The molecule has 0 spiro atoms. The molecule has 0 aliphatic carbocycles. The van der Waals surface area contributed by atoms with Gasteiger partial charge in [-0.2, -0.15) is 0 Å². The number of benzene rings is 4. The van der Waals surface area contributed by atoms with Crippen LogP contribution in [0.5, 0.6) is 0 Å². The molecule has 1 unspecified atom stereocenters. The molecular formula is C34H35BrFN3O4S. The zero-order valence-corrected chi connectivity index (χ0v) is 26.8. The summed E-state index contributed by atoms with van der Waals surface area (Å²) in [5.41, 5.74) is 1.28. The number of nitrogens with one attached hydrogen (secondary N) is 1. The molecule has 230 valence electrons. The van der Waals surface area contributed by atoms with E-state index in [1.807, 2.05) is 37.3 Å². The van der Waals surface area contributed by atoms with Gasteiger partial charge in [-0.1, -0.05) is 96.0 Å². The Kier molecular flexibility index (Phi) is 11.7. The first-order valence-electron chi connectivity index (χ1n) is 14.4. The Hall–Kier alpha value is -4.02. The standard InChI is InChI=1S/C34H35BrFN3O4S/c1-2-3-22-37-34(41)32(23-26-12-6-4-7-13-26)38(24-27-14-10-11-17-31(27)36)33(40)25-39(29-20-18-28(35)19-21-29)44(42,43)30-15-8-5-9-16-30/h4-21,32H,2-3,22-25H2,1H3,(H,37,41). The first-order chi connectivity index (χ1) is 21.2. The van der Waals surface area contributed by atoms with Crippen LogP contribution in [0.2, 0.25) is 0 Å². The lowest BCUT2D eigenvalue weighted by atomic mass is 10.0. The number of amides is 2. The maximum absolute atomic E-state index is 15.0. The Labute approximate surface area is 266 Å². The fraction of sp³-hybridized carbons (Fsp3) is 0.235. The van der Waals surface area contributed by atoms with Crippen LogP contribution in [0.15, 0.2) is 119 Å². The third-order valence-corrected chi connectivity index (χ3v) is 9.44. The summed E-state index contributed by atoms with van der Waals surface area (Å²) in [7, 11) is -4.20. The zero-order chi connectivity index (χ0) is 31.5. The van der Waals surface area contributed by atoms with Crippen LogP contribution in [0.3, 0.4) is 0 Å². The summed E-state index contributed by atoms with van der Waals surface area (Å²) in [6.45, 7) is 1.58. The molecule has 0 aliphatic rings. The highest BCUT2D eigenvalue weighted by Crippen LogP contribution is 2.26. The third kappa shape index (κ3) is 8.54. The number of sulfonamides is 1. The lowest BCUT2D eigenvalue weighted by Gasteiger charge is -2.34. The van der Waals surface area contributed by atoms with Crippen molar-refractivity contribution in [2.75, 3.05) is 17.4 Å². The van der Waals surface area contributed by atoms with E-state index in [4.69, 9.17) is 0 Å². The van der Waals surface area contributed by atoms with Gasteiger partial charge in [-0.3, -0.25) is 13.9 Å². The molecule has 1 N–H and O–H groups in total. The zero-order valence-electron chi connectivity index (χ0n) is 24.4. The van der Waals surface area contributed by atoms with E-state index in [-0.39, 0.29) is 29.1 Å². The number of hydrogen-bond donors (Lipinski definition) is 1. The number of carbonyl (C=O) groups excluding carboxylic acids is 2. The largest absolute Gasteiger partial charge is 0.354 e. The van der Waals surface area contributed by atoms with Gasteiger partial charge in [0.05, 0.1) is 10.6 Å². The lowest BCUT2D eigenvalue weighted by Crippen LogP contribution is -2.53. The van der Waals surface area contributed by atoms with Gasteiger partial charge in [-0.05, 0) is 54.4 Å². The van der Waals surface area contributed by atoms with E-state index in [1.54, 1.807) is 60.7 Å². The highest BCUT2D eigenvalue weighted by molar-refractivity contribution is 9.10. The number of unbranched alkanes of at least 4 members (excludes halogenated alkanes) is 1. The molecule has 0 bridgehead atoms. The molecule has 0 radical (unpaired) electrons. The first-order valence-corrected chi connectivity index (χ1v) is 16.6. The summed E-state index contributed by atoms with van der Waals surface area (Å²) in [6.07, 6.45) is 1.77. The second-order valence-corrected chi connectivity index (χ2v) is 13.0. The second kappa shape index (κ2) is 15.6. The van der Waals surface area contributed by atoms with Gasteiger partial charge in [0, 0.05) is 29.5 Å². The summed E-state index contributed by atoms with van der Waals surface area (Å²) in [5, 5.41) is 2.92. The minimum atomic E-state index is -4.20. The summed E-state index contributed by atoms with van der Waals surface area (Å²) < 4.78 is 44.7. The molecule has 0 aliphatic heterocycles. The Morgan fingerprint density at radius 1 is 0.864 bits per heavy atom. The van der Waals surface area contributed by atoms with Gasteiger partial charge < -0.3 is 10.2 Å². The van der Waals surface area contributed by atoms with Gasteiger partial charge in [-0.15, -0.1) is 0 Å². The predicted molar refractivity (Wildman–Crippen MR) is 174 cm³/mol. The van der Waals surface area contributed by atoms with Crippen molar-refractivity contribution in [2.24, 2.45) is 0 Å². The van der Waals surface area contributed by atoms with Crippen LogP contribution in [0.1, 0.15) is 30.9 Å². The fourth-order valence-electron chi connectivity index (χ4n) is 4.73. The number of anilines is 1.